The molecular weight excluding hydrogens is 374 g/mol. The molecule has 2 aromatic rings. The van der Waals surface area contributed by atoms with Gasteiger partial charge in [0.25, 0.3) is 0 Å². The fourth-order valence-electron chi connectivity index (χ4n) is 3.76. The Labute approximate surface area is 166 Å². The second-order valence-corrected chi connectivity index (χ2v) is 9.68. The molecule has 0 radical (unpaired) electrons. The summed E-state index contributed by atoms with van der Waals surface area (Å²) in [6, 6.07) is 7.90. The summed E-state index contributed by atoms with van der Waals surface area (Å²) >= 11 is 0. The number of hydrogen-bond acceptors (Lipinski definition) is 4. The number of benzene rings is 1. The Balaban J connectivity index is 1.66. The number of aryl methyl sites for hydroxylation is 1. The second kappa shape index (κ2) is 7.29. The molecule has 0 spiro atoms. The van der Waals surface area contributed by atoms with Crippen LogP contribution in [0.2, 0.25) is 0 Å². The molecule has 1 aromatic carbocycles. The minimum Gasteiger partial charge on any atom is -0.315 e. The van der Waals surface area contributed by atoms with Crippen molar-refractivity contribution < 1.29 is 13.2 Å². The van der Waals surface area contributed by atoms with Crippen molar-refractivity contribution in [1.82, 2.24) is 9.71 Å². The van der Waals surface area contributed by atoms with Gasteiger partial charge in [-0.05, 0) is 67.0 Å². The molecule has 7 heteroatoms. The minimum atomic E-state index is -3.29. The van der Waals surface area contributed by atoms with Crippen molar-refractivity contribution in [2.24, 2.45) is 5.92 Å². The normalized spacial score (nSPS) is 18.1. The molecular formula is C21H25N3O3S. The van der Waals surface area contributed by atoms with Crippen molar-refractivity contribution in [3.05, 3.63) is 47.8 Å². The fourth-order valence-corrected chi connectivity index (χ4v) is 4.65. The van der Waals surface area contributed by atoms with E-state index in [0.29, 0.717) is 12.3 Å². The largest absolute Gasteiger partial charge is 0.315 e. The quantitative estimate of drug-likeness (QED) is 0.810. The number of carbonyl (C=O) groups excluding carboxylic acids is 1. The van der Waals surface area contributed by atoms with Crippen molar-refractivity contribution in [2.45, 2.75) is 38.6 Å². The first-order valence-corrected chi connectivity index (χ1v) is 11.4. The zero-order valence-electron chi connectivity index (χ0n) is 16.2. The average molecular weight is 400 g/mol. The summed E-state index contributed by atoms with van der Waals surface area (Å²) in [7, 11) is -1.48. The van der Waals surface area contributed by atoms with Crippen molar-refractivity contribution in [3.63, 3.8) is 0 Å². The average Bonchev–Trinajstić information content (AvgIpc) is 3.54. The van der Waals surface area contributed by atoms with E-state index in [1.807, 2.05) is 25.2 Å². The fraction of sp³-hybridized carbons (Fsp3) is 0.429. The van der Waals surface area contributed by atoms with Crippen LogP contribution in [0.1, 0.15) is 43.4 Å². The summed E-state index contributed by atoms with van der Waals surface area (Å²) in [5.74, 6) is 0.543. The van der Waals surface area contributed by atoms with Gasteiger partial charge in [0, 0.05) is 37.1 Å². The predicted octanol–water partition coefficient (Wildman–Crippen LogP) is 3.05. The molecule has 148 valence electrons. The molecule has 1 amide bonds. The van der Waals surface area contributed by atoms with Crippen molar-refractivity contribution in [2.75, 3.05) is 17.7 Å². The highest BCUT2D eigenvalue weighted by Crippen LogP contribution is 2.42. The Kier molecular flexibility index (Phi) is 4.97. The van der Waals surface area contributed by atoms with Crippen LogP contribution >= 0.6 is 0 Å². The number of rotatable bonds is 6. The number of pyridine rings is 1. The third kappa shape index (κ3) is 3.82. The molecule has 4 rings (SSSR count). The lowest BCUT2D eigenvalue weighted by atomic mass is 9.95. The van der Waals surface area contributed by atoms with E-state index < -0.39 is 10.0 Å². The van der Waals surface area contributed by atoms with Crippen LogP contribution in [0, 0.1) is 5.92 Å². The molecule has 0 saturated heterocycles. The van der Waals surface area contributed by atoms with Gasteiger partial charge < -0.3 is 4.90 Å². The molecule has 1 saturated carbocycles. The zero-order valence-corrected chi connectivity index (χ0v) is 17.0. The lowest BCUT2D eigenvalue weighted by Gasteiger charge is -2.26. The van der Waals surface area contributed by atoms with Gasteiger partial charge in [0.1, 0.15) is 0 Å². The molecule has 28 heavy (non-hydrogen) atoms. The van der Waals surface area contributed by atoms with Crippen LogP contribution in [-0.4, -0.2) is 32.1 Å². The van der Waals surface area contributed by atoms with Gasteiger partial charge in [-0.15, -0.1) is 0 Å². The highest BCUT2D eigenvalue weighted by molar-refractivity contribution is 7.89. The molecule has 1 aliphatic carbocycles. The standard InChI is InChI=1S/C21H25N3O3S/c1-3-28(26,27)23-21(14-4-5-14)18-11-17(12-22-13-18)15-6-8-19-16(10-15)7-9-20(25)24(19)2/h6,8,10-14,21,23H,3-5,7,9H2,1-2H3. The van der Waals surface area contributed by atoms with Crippen LogP contribution in [0.15, 0.2) is 36.7 Å². The van der Waals surface area contributed by atoms with Crippen LogP contribution < -0.4 is 9.62 Å². The second-order valence-electron chi connectivity index (χ2n) is 7.64. The highest BCUT2D eigenvalue weighted by Gasteiger charge is 2.35. The molecule has 1 unspecified atom stereocenters. The van der Waals surface area contributed by atoms with E-state index in [0.717, 1.165) is 47.2 Å². The topological polar surface area (TPSA) is 79.4 Å². The van der Waals surface area contributed by atoms with Gasteiger partial charge in [0.15, 0.2) is 0 Å². The SMILES string of the molecule is CCS(=O)(=O)NC(c1cncc(-c2ccc3c(c2)CCC(=O)N3C)c1)C1CC1. The van der Waals surface area contributed by atoms with Crippen LogP contribution in [-0.2, 0) is 21.2 Å². The Morgan fingerprint density at radius 2 is 1.96 bits per heavy atom. The predicted molar refractivity (Wildman–Crippen MR) is 109 cm³/mol. The number of nitrogens with zero attached hydrogens (tertiary/aromatic N) is 2. The summed E-state index contributed by atoms with van der Waals surface area (Å²) in [5, 5.41) is 0. The third-order valence-electron chi connectivity index (χ3n) is 5.65. The molecule has 1 aromatic heterocycles. The first-order chi connectivity index (χ1) is 13.4. The molecule has 1 N–H and O–H groups in total. The number of carbonyl (C=O) groups is 1. The number of amides is 1. The van der Waals surface area contributed by atoms with Crippen LogP contribution in [0.4, 0.5) is 5.69 Å². The molecule has 6 nitrogen and oxygen atoms in total. The molecule has 1 fully saturated rings. The maximum atomic E-state index is 12.1. The Morgan fingerprint density at radius 1 is 1.18 bits per heavy atom. The molecule has 1 atom stereocenters. The lowest BCUT2D eigenvalue weighted by Crippen LogP contribution is -2.31. The van der Waals surface area contributed by atoms with E-state index in [-0.39, 0.29) is 17.7 Å². The lowest BCUT2D eigenvalue weighted by molar-refractivity contribution is -0.118. The number of nitrogens with one attached hydrogen (secondary N) is 1. The van der Waals surface area contributed by atoms with Gasteiger partial charge in [-0.3, -0.25) is 9.78 Å². The van der Waals surface area contributed by atoms with E-state index in [2.05, 4.69) is 15.8 Å². The molecule has 2 heterocycles. The summed E-state index contributed by atoms with van der Waals surface area (Å²) in [5.41, 5.74) is 5.00. The van der Waals surface area contributed by atoms with E-state index in [9.17, 15) is 13.2 Å². The van der Waals surface area contributed by atoms with E-state index in [1.165, 1.54) is 0 Å². The Hall–Kier alpha value is -2.25. The maximum Gasteiger partial charge on any atom is 0.227 e. The first-order valence-electron chi connectivity index (χ1n) is 9.73. The Morgan fingerprint density at radius 3 is 2.68 bits per heavy atom. The first kappa shape index (κ1) is 19.1. The zero-order chi connectivity index (χ0) is 19.9. The van der Waals surface area contributed by atoms with Crippen LogP contribution in [0.25, 0.3) is 11.1 Å². The van der Waals surface area contributed by atoms with Gasteiger partial charge in [-0.25, -0.2) is 13.1 Å². The summed E-state index contributed by atoms with van der Waals surface area (Å²) in [6.45, 7) is 1.65. The minimum absolute atomic E-state index is 0.0698. The molecule has 1 aliphatic heterocycles. The highest BCUT2D eigenvalue weighted by atomic mass is 32.2. The third-order valence-corrected chi connectivity index (χ3v) is 7.03. The van der Waals surface area contributed by atoms with Gasteiger partial charge in [-0.1, -0.05) is 6.07 Å². The number of hydrogen-bond donors (Lipinski definition) is 1. The van der Waals surface area contributed by atoms with E-state index in [4.69, 9.17) is 0 Å². The van der Waals surface area contributed by atoms with Crippen molar-refractivity contribution in [3.8, 4) is 11.1 Å². The number of sulfonamides is 1. The van der Waals surface area contributed by atoms with E-state index in [1.54, 1.807) is 24.2 Å². The van der Waals surface area contributed by atoms with Gasteiger partial charge >= 0.3 is 0 Å². The molecule has 0 bridgehead atoms. The number of anilines is 1. The van der Waals surface area contributed by atoms with Crippen molar-refractivity contribution in [1.29, 1.82) is 0 Å². The Bertz CT molecular complexity index is 1020. The van der Waals surface area contributed by atoms with E-state index >= 15 is 0 Å². The maximum absolute atomic E-state index is 12.1. The summed E-state index contributed by atoms with van der Waals surface area (Å²) in [4.78, 5) is 18.0. The monoisotopic (exact) mass is 399 g/mol. The number of fused-ring (bicyclic) bond motifs is 1. The summed E-state index contributed by atoms with van der Waals surface area (Å²) < 4.78 is 27.1. The van der Waals surface area contributed by atoms with Gasteiger partial charge in [-0.2, -0.15) is 0 Å². The number of aromatic nitrogens is 1. The summed E-state index contributed by atoms with van der Waals surface area (Å²) in [6.07, 6.45) is 6.88. The smallest absolute Gasteiger partial charge is 0.227 e. The van der Waals surface area contributed by atoms with Crippen molar-refractivity contribution >= 4 is 21.6 Å². The molecule has 2 aliphatic rings. The van der Waals surface area contributed by atoms with Crippen LogP contribution in [0.5, 0.6) is 0 Å². The van der Waals surface area contributed by atoms with Gasteiger partial charge in [0.2, 0.25) is 15.9 Å². The van der Waals surface area contributed by atoms with Gasteiger partial charge in [0.05, 0.1) is 11.8 Å². The van der Waals surface area contributed by atoms with Crippen LogP contribution in [0.3, 0.4) is 0 Å².